The first-order valence-electron chi connectivity index (χ1n) is 10.4. The molecule has 1 saturated carbocycles. The van der Waals surface area contributed by atoms with Gasteiger partial charge in [-0.05, 0) is 49.7 Å². The van der Waals surface area contributed by atoms with Crippen molar-refractivity contribution in [3.05, 3.63) is 35.4 Å². The summed E-state index contributed by atoms with van der Waals surface area (Å²) in [5.41, 5.74) is 2.78. The van der Waals surface area contributed by atoms with Crippen LogP contribution in [0.5, 0.6) is 0 Å². The summed E-state index contributed by atoms with van der Waals surface area (Å²) in [6.07, 6.45) is 6.41. The van der Waals surface area contributed by atoms with Crippen molar-refractivity contribution in [2.45, 2.75) is 64.1 Å². The van der Waals surface area contributed by atoms with Gasteiger partial charge in [0.1, 0.15) is 0 Å². The van der Waals surface area contributed by atoms with Crippen LogP contribution in [0.1, 0.15) is 50.2 Å². The van der Waals surface area contributed by atoms with Crippen molar-refractivity contribution in [2.24, 2.45) is 5.92 Å². The predicted molar refractivity (Wildman–Crippen MR) is 103 cm³/mol. The van der Waals surface area contributed by atoms with Crippen molar-refractivity contribution >= 4 is 5.91 Å². The molecule has 1 amide bonds. The van der Waals surface area contributed by atoms with Gasteiger partial charge in [0.2, 0.25) is 5.91 Å². The number of amides is 1. The van der Waals surface area contributed by atoms with Crippen molar-refractivity contribution in [3.63, 3.8) is 0 Å². The minimum absolute atomic E-state index is 0.313. The fourth-order valence-corrected chi connectivity index (χ4v) is 4.48. The molecule has 4 nitrogen and oxygen atoms in total. The van der Waals surface area contributed by atoms with Crippen LogP contribution in [-0.2, 0) is 22.5 Å². The number of hydrogen-bond donors (Lipinski definition) is 0. The fraction of sp³-hybridized carbons (Fsp3) is 0.682. The fourth-order valence-electron chi connectivity index (χ4n) is 4.48. The van der Waals surface area contributed by atoms with Crippen molar-refractivity contribution in [3.8, 4) is 0 Å². The molecule has 1 aliphatic carbocycles. The van der Waals surface area contributed by atoms with Crippen LogP contribution in [0.15, 0.2) is 24.3 Å². The summed E-state index contributed by atoms with van der Waals surface area (Å²) >= 11 is 0. The highest BCUT2D eigenvalue weighted by Gasteiger charge is 2.41. The molecule has 0 bridgehead atoms. The molecule has 2 heterocycles. The van der Waals surface area contributed by atoms with Crippen LogP contribution in [-0.4, -0.2) is 54.1 Å². The van der Waals surface area contributed by atoms with E-state index in [0.717, 1.165) is 71.4 Å². The Kier molecular flexibility index (Phi) is 5.60. The molecule has 1 atom stereocenters. The van der Waals surface area contributed by atoms with Gasteiger partial charge >= 0.3 is 0 Å². The summed E-state index contributed by atoms with van der Waals surface area (Å²) in [5.74, 6) is 0.740. The predicted octanol–water partition coefficient (Wildman–Crippen LogP) is 3.24. The Bertz CT molecular complexity index is 605. The number of carbonyl (C=O) groups is 1. The highest BCUT2D eigenvalue weighted by Crippen LogP contribution is 2.35. The van der Waals surface area contributed by atoms with Gasteiger partial charge in [-0.15, -0.1) is 0 Å². The highest BCUT2D eigenvalue weighted by molar-refractivity contribution is 5.81. The Morgan fingerprint density at radius 3 is 2.38 bits per heavy atom. The van der Waals surface area contributed by atoms with Crippen molar-refractivity contribution in [1.29, 1.82) is 0 Å². The summed E-state index contributed by atoms with van der Waals surface area (Å²) in [6, 6.07) is 9.80. The van der Waals surface area contributed by atoms with E-state index in [2.05, 4.69) is 41.0 Å². The summed E-state index contributed by atoms with van der Waals surface area (Å²) < 4.78 is 5.54. The lowest BCUT2D eigenvalue weighted by Gasteiger charge is -2.39. The molecule has 3 fully saturated rings. The van der Waals surface area contributed by atoms with Gasteiger partial charge in [-0.2, -0.15) is 0 Å². The van der Waals surface area contributed by atoms with E-state index >= 15 is 0 Å². The van der Waals surface area contributed by atoms with Crippen molar-refractivity contribution < 1.29 is 9.53 Å². The largest absolute Gasteiger partial charge is 0.381 e. The van der Waals surface area contributed by atoms with Crippen LogP contribution >= 0.6 is 0 Å². The molecule has 3 aliphatic rings. The van der Waals surface area contributed by atoms with Crippen LogP contribution in [0.25, 0.3) is 0 Å². The van der Waals surface area contributed by atoms with Crippen LogP contribution in [0.3, 0.4) is 0 Å². The van der Waals surface area contributed by atoms with Gasteiger partial charge in [0, 0.05) is 50.8 Å². The topological polar surface area (TPSA) is 32.8 Å². The maximum absolute atomic E-state index is 13.0. The molecule has 1 aromatic rings. The molecule has 2 aliphatic heterocycles. The third kappa shape index (κ3) is 4.12. The van der Waals surface area contributed by atoms with Gasteiger partial charge in [0.15, 0.2) is 0 Å². The number of rotatable bonds is 6. The second-order valence-corrected chi connectivity index (χ2v) is 8.21. The van der Waals surface area contributed by atoms with Crippen LogP contribution in [0, 0.1) is 5.92 Å². The van der Waals surface area contributed by atoms with Gasteiger partial charge in [0.05, 0.1) is 0 Å². The van der Waals surface area contributed by atoms with E-state index in [9.17, 15) is 4.79 Å². The minimum atomic E-state index is 0.313. The summed E-state index contributed by atoms with van der Waals surface area (Å²) in [4.78, 5) is 17.8. The van der Waals surface area contributed by atoms with E-state index in [0.29, 0.717) is 23.9 Å². The number of nitrogens with zero attached hydrogens (tertiary/aromatic N) is 2. The second kappa shape index (κ2) is 8.10. The highest BCUT2D eigenvalue weighted by atomic mass is 16.5. The van der Waals surface area contributed by atoms with Crippen LogP contribution in [0.2, 0.25) is 0 Å². The smallest absolute Gasteiger partial charge is 0.226 e. The molecule has 1 aromatic carbocycles. The maximum Gasteiger partial charge on any atom is 0.226 e. The van der Waals surface area contributed by atoms with Gasteiger partial charge in [-0.25, -0.2) is 0 Å². The Labute approximate surface area is 157 Å². The van der Waals surface area contributed by atoms with Crippen LogP contribution < -0.4 is 0 Å². The zero-order chi connectivity index (χ0) is 17.9. The van der Waals surface area contributed by atoms with E-state index < -0.39 is 0 Å². The van der Waals surface area contributed by atoms with E-state index in [4.69, 9.17) is 4.74 Å². The van der Waals surface area contributed by atoms with E-state index in [1.165, 1.54) is 11.1 Å². The zero-order valence-electron chi connectivity index (χ0n) is 16.0. The van der Waals surface area contributed by atoms with E-state index in [1.54, 1.807) is 0 Å². The molecule has 0 aromatic heterocycles. The molecule has 1 unspecified atom stereocenters. The lowest BCUT2D eigenvalue weighted by atomic mass is 10.0. The Morgan fingerprint density at radius 1 is 1.04 bits per heavy atom. The number of likely N-dealkylation sites (tertiary alicyclic amines) is 1. The Balaban J connectivity index is 1.39. The normalized spacial score (nSPS) is 24.7. The molecule has 0 N–H and O–H groups in total. The molecular formula is C22H32N2O2. The summed E-state index contributed by atoms with van der Waals surface area (Å²) in [7, 11) is 0. The molecule has 2 saturated heterocycles. The lowest BCUT2D eigenvalue weighted by Crippen LogP contribution is -2.51. The maximum atomic E-state index is 13.0. The quantitative estimate of drug-likeness (QED) is 0.784. The number of benzene rings is 1. The number of ether oxygens (including phenoxy) is 1. The molecule has 26 heavy (non-hydrogen) atoms. The first kappa shape index (κ1) is 18.0. The van der Waals surface area contributed by atoms with Crippen LogP contribution in [0.4, 0.5) is 0 Å². The van der Waals surface area contributed by atoms with Gasteiger partial charge in [-0.1, -0.05) is 31.2 Å². The standard InChI is InChI=1S/C22H32N2O2/c1-2-17-3-5-18(6-4-17)15-23-12-9-21(16-23)24(22(25)19-7-8-19)20-10-13-26-14-11-20/h3-6,19-21H,2,7-16H2,1H3. The molecule has 4 heteroatoms. The zero-order valence-corrected chi connectivity index (χ0v) is 16.0. The SMILES string of the molecule is CCc1ccc(CN2CCC(N(C(=O)C3CC3)C3CCOCC3)C2)cc1. The molecule has 4 rings (SSSR count). The van der Waals surface area contributed by atoms with Crippen molar-refractivity contribution in [1.82, 2.24) is 9.80 Å². The minimum Gasteiger partial charge on any atom is -0.381 e. The molecule has 142 valence electrons. The second-order valence-electron chi connectivity index (χ2n) is 8.21. The first-order valence-corrected chi connectivity index (χ1v) is 10.4. The average Bonchev–Trinajstić information content (AvgIpc) is 3.44. The molecule has 0 radical (unpaired) electrons. The number of carbonyl (C=O) groups excluding carboxylic acids is 1. The lowest BCUT2D eigenvalue weighted by molar-refractivity contribution is -0.139. The first-order chi connectivity index (χ1) is 12.7. The Hall–Kier alpha value is -1.39. The van der Waals surface area contributed by atoms with Gasteiger partial charge in [-0.3, -0.25) is 9.69 Å². The van der Waals surface area contributed by atoms with Gasteiger partial charge < -0.3 is 9.64 Å². The number of aryl methyl sites for hydroxylation is 1. The van der Waals surface area contributed by atoms with Gasteiger partial charge in [0.25, 0.3) is 0 Å². The van der Waals surface area contributed by atoms with Crippen molar-refractivity contribution in [2.75, 3.05) is 26.3 Å². The summed E-state index contributed by atoms with van der Waals surface area (Å²) in [5, 5.41) is 0. The van der Waals surface area contributed by atoms with E-state index in [1.807, 2.05) is 0 Å². The number of hydrogen-bond acceptors (Lipinski definition) is 3. The third-order valence-corrected chi connectivity index (χ3v) is 6.24. The summed E-state index contributed by atoms with van der Waals surface area (Å²) in [6.45, 7) is 6.92. The van der Waals surface area contributed by atoms with E-state index in [-0.39, 0.29) is 0 Å². The molecular weight excluding hydrogens is 324 g/mol. The monoisotopic (exact) mass is 356 g/mol. The third-order valence-electron chi connectivity index (χ3n) is 6.24. The average molecular weight is 357 g/mol. The Morgan fingerprint density at radius 2 is 1.73 bits per heavy atom. The molecule has 0 spiro atoms.